The summed E-state index contributed by atoms with van der Waals surface area (Å²) in [6.07, 6.45) is -0.830. The molecule has 0 aliphatic heterocycles. The van der Waals surface area contributed by atoms with Crippen LogP contribution >= 0.6 is 0 Å². The van der Waals surface area contributed by atoms with Crippen LogP contribution in [0.15, 0.2) is 30.3 Å². The molecule has 1 aromatic carbocycles. The first kappa shape index (κ1) is 13.4. The van der Waals surface area contributed by atoms with Gasteiger partial charge in [-0.1, -0.05) is 12.1 Å². The van der Waals surface area contributed by atoms with Gasteiger partial charge in [0.15, 0.2) is 0 Å². The number of hydrogen-bond acceptors (Lipinski definition) is 4. The summed E-state index contributed by atoms with van der Waals surface area (Å²) in [6, 6.07) is 7.41. The molecule has 5 heteroatoms. The molecule has 100 valence electrons. The van der Waals surface area contributed by atoms with E-state index in [-0.39, 0.29) is 12.4 Å². The second-order valence-electron chi connectivity index (χ2n) is 4.33. The molecule has 0 aliphatic carbocycles. The summed E-state index contributed by atoms with van der Waals surface area (Å²) in [5.74, 6) is 0.0288. The van der Waals surface area contributed by atoms with Crippen molar-refractivity contribution in [2.45, 2.75) is 20.0 Å². The molecule has 0 radical (unpaired) electrons. The maximum atomic E-state index is 12.8. The van der Waals surface area contributed by atoms with Crippen molar-refractivity contribution in [3.8, 4) is 5.88 Å². The first-order chi connectivity index (χ1) is 9.06. The van der Waals surface area contributed by atoms with Crippen molar-refractivity contribution in [3.05, 3.63) is 53.0 Å². The molecule has 1 N–H and O–H groups in total. The summed E-state index contributed by atoms with van der Waals surface area (Å²) >= 11 is 0. The molecule has 1 aromatic heterocycles. The Hall–Kier alpha value is -2.01. The molecule has 0 aliphatic rings. The van der Waals surface area contributed by atoms with Crippen LogP contribution in [0, 0.1) is 19.7 Å². The molecule has 1 atom stereocenters. The number of benzene rings is 1. The molecule has 0 fully saturated rings. The predicted octanol–water partition coefficient (Wildman–Crippen LogP) is 2.34. The van der Waals surface area contributed by atoms with Crippen LogP contribution in [-0.4, -0.2) is 21.9 Å². The van der Waals surface area contributed by atoms with Crippen LogP contribution in [0.4, 0.5) is 4.39 Å². The average molecular weight is 262 g/mol. The quantitative estimate of drug-likeness (QED) is 0.919. The normalized spacial score (nSPS) is 12.2. The van der Waals surface area contributed by atoms with E-state index in [1.807, 2.05) is 13.8 Å². The number of aliphatic hydroxyl groups is 1. The average Bonchev–Trinajstić information content (AvgIpc) is 2.40. The molecule has 2 rings (SSSR count). The van der Waals surface area contributed by atoms with Gasteiger partial charge >= 0.3 is 0 Å². The van der Waals surface area contributed by atoms with E-state index in [9.17, 15) is 9.50 Å². The van der Waals surface area contributed by atoms with Gasteiger partial charge in [-0.15, -0.1) is 5.10 Å². The van der Waals surface area contributed by atoms with Gasteiger partial charge in [-0.25, -0.2) is 4.39 Å². The Morgan fingerprint density at radius 1 is 1.21 bits per heavy atom. The van der Waals surface area contributed by atoms with E-state index >= 15 is 0 Å². The van der Waals surface area contributed by atoms with Crippen molar-refractivity contribution >= 4 is 0 Å². The summed E-state index contributed by atoms with van der Waals surface area (Å²) in [4.78, 5) is 0. The highest BCUT2D eigenvalue weighted by Crippen LogP contribution is 2.16. The Morgan fingerprint density at radius 3 is 2.53 bits per heavy atom. The van der Waals surface area contributed by atoms with E-state index in [2.05, 4.69) is 10.2 Å². The fraction of sp³-hybridized carbons (Fsp3) is 0.286. The molecule has 1 heterocycles. The van der Waals surface area contributed by atoms with Gasteiger partial charge in [-0.05, 0) is 37.1 Å². The van der Waals surface area contributed by atoms with Crippen LogP contribution in [0.25, 0.3) is 0 Å². The fourth-order valence-electron chi connectivity index (χ4n) is 1.54. The van der Waals surface area contributed by atoms with Crippen LogP contribution in [0.2, 0.25) is 0 Å². The van der Waals surface area contributed by atoms with Gasteiger partial charge in [-0.3, -0.25) is 0 Å². The van der Waals surface area contributed by atoms with Gasteiger partial charge in [0, 0.05) is 6.07 Å². The number of hydrogen-bond donors (Lipinski definition) is 1. The first-order valence-corrected chi connectivity index (χ1v) is 5.93. The van der Waals surface area contributed by atoms with Gasteiger partial charge in [0.2, 0.25) is 5.88 Å². The summed E-state index contributed by atoms with van der Waals surface area (Å²) in [5, 5.41) is 17.7. The van der Waals surface area contributed by atoms with Crippen molar-refractivity contribution < 1.29 is 14.2 Å². The van der Waals surface area contributed by atoms with E-state index in [1.54, 1.807) is 6.07 Å². The minimum absolute atomic E-state index is 0.0445. The second kappa shape index (κ2) is 5.75. The van der Waals surface area contributed by atoms with Crippen molar-refractivity contribution in [2.75, 3.05) is 6.61 Å². The topological polar surface area (TPSA) is 55.2 Å². The molecule has 2 aromatic rings. The van der Waals surface area contributed by atoms with Crippen LogP contribution in [-0.2, 0) is 0 Å². The van der Waals surface area contributed by atoms with E-state index in [1.165, 1.54) is 24.3 Å². The van der Waals surface area contributed by atoms with Gasteiger partial charge in [0.1, 0.15) is 18.5 Å². The van der Waals surface area contributed by atoms with Crippen LogP contribution in [0.5, 0.6) is 5.88 Å². The van der Waals surface area contributed by atoms with Gasteiger partial charge in [-0.2, -0.15) is 5.10 Å². The highest BCUT2D eigenvalue weighted by molar-refractivity contribution is 5.22. The molecular weight excluding hydrogens is 247 g/mol. The lowest BCUT2D eigenvalue weighted by atomic mass is 10.1. The Kier molecular flexibility index (Phi) is 4.06. The molecular formula is C14H15FN2O2. The van der Waals surface area contributed by atoms with E-state index < -0.39 is 6.10 Å². The molecule has 0 bridgehead atoms. The molecule has 4 nitrogen and oxygen atoms in total. The summed E-state index contributed by atoms with van der Waals surface area (Å²) in [5.41, 5.74) is 2.41. The van der Waals surface area contributed by atoms with Gasteiger partial charge in [0.05, 0.1) is 5.69 Å². The highest BCUT2D eigenvalue weighted by Gasteiger charge is 2.09. The molecule has 0 amide bonds. The van der Waals surface area contributed by atoms with E-state index in [4.69, 9.17) is 4.74 Å². The number of aromatic nitrogens is 2. The van der Waals surface area contributed by atoms with Gasteiger partial charge in [0.25, 0.3) is 0 Å². The fourth-order valence-corrected chi connectivity index (χ4v) is 1.54. The third kappa shape index (κ3) is 3.48. The lowest BCUT2D eigenvalue weighted by Crippen LogP contribution is -2.11. The van der Waals surface area contributed by atoms with Gasteiger partial charge < -0.3 is 9.84 Å². The van der Waals surface area contributed by atoms with Crippen LogP contribution < -0.4 is 4.74 Å². The molecule has 0 saturated carbocycles. The maximum Gasteiger partial charge on any atom is 0.233 e. The van der Waals surface area contributed by atoms with Crippen molar-refractivity contribution in [1.82, 2.24) is 10.2 Å². The smallest absolute Gasteiger partial charge is 0.233 e. The van der Waals surface area contributed by atoms with Crippen molar-refractivity contribution in [3.63, 3.8) is 0 Å². The van der Waals surface area contributed by atoms with Crippen LogP contribution in [0.1, 0.15) is 22.9 Å². The Labute approximate surface area is 110 Å². The Balaban J connectivity index is 1.98. The third-order valence-electron chi connectivity index (χ3n) is 2.85. The number of rotatable bonds is 4. The van der Waals surface area contributed by atoms with Crippen molar-refractivity contribution in [2.24, 2.45) is 0 Å². The monoisotopic (exact) mass is 262 g/mol. The lowest BCUT2D eigenvalue weighted by molar-refractivity contribution is 0.105. The molecule has 0 saturated heterocycles. The number of halogens is 1. The standard InChI is InChI=1S/C14H15FN2O2/c1-9-7-14(17-16-10(9)2)19-8-13(18)11-3-5-12(15)6-4-11/h3-7,13,18H,8H2,1-2H3. The SMILES string of the molecule is Cc1cc(OCC(O)c2ccc(F)cc2)nnc1C. The molecule has 19 heavy (non-hydrogen) atoms. The summed E-state index contributed by atoms with van der Waals surface area (Å²) < 4.78 is 18.1. The number of ether oxygens (including phenoxy) is 1. The largest absolute Gasteiger partial charge is 0.473 e. The Bertz CT molecular complexity index is 558. The summed E-state index contributed by atoms with van der Waals surface area (Å²) in [6.45, 7) is 3.82. The molecule has 0 spiro atoms. The lowest BCUT2D eigenvalue weighted by Gasteiger charge is -2.12. The second-order valence-corrected chi connectivity index (χ2v) is 4.33. The number of aryl methyl sites for hydroxylation is 2. The highest BCUT2D eigenvalue weighted by atomic mass is 19.1. The predicted molar refractivity (Wildman–Crippen MR) is 68.4 cm³/mol. The van der Waals surface area contributed by atoms with Crippen molar-refractivity contribution in [1.29, 1.82) is 0 Å². The Morgan fingerprint density at radius 2 is 1.89 bits per heavy atom. The van der Waals surface area contributed by atoms with Crippen LogP contribution in [0.3, 0.4) is 0 Å². The zero-order chi connectivity index (χ0) is 13.8. The number of nitrogens with zero attached hydrogens (tertiary/aromatic N) is 2. The zero-order valence-electron chi connectivity index (χ0n) is 10.8. The third-order valence-corrected chi connectivity index (χ3v) is 2.85. The minimum atomic E-state index is -0.830. The minimum Gasteiger partial charge on any atom is -0.473 e. The number of aliphatic hydroxyl groups excluding tert-OH is 1. The zero-order valence-corrected chi connectivity index (χ0v) is 10.8. The molecule has 1 unspecified atom stereocenters. The first-order valence-electron chi connectivity index (χ1n) is 5.93. The summed E-state index contributed by atoms with van der Waals surface area (Å²) in [7, 11) is 0. The van der Waals surface area contributed by atoms with E-state index in [0.717, 1.165) is 11.3 Å². The maximum absolute atomic E-state index is 12.8. The van der Waals surface area contributed by atoms with E-state index in [0.29, 0.717) is 11.4 Å².